The Morgan fingerprint density at radius 2 is 1.22 bits per heavy atom. The minimum atomic E-state index is 0.806. The Bertz CT molecular complexity index is 999. The maximum Gasteiger partial charge on any atom is 0.135 e. The molecule has 0 aromatic heterocycles. The smallest absolute Gasteiger partial charge is 0.135 e. The Labute approximate surface area is 196 Å². The summed E-state index contributed by atoms with van der Waals surface area (Å²) in [5.74, 6) is 6.58. The van der Waals surface area contributed by atoms with Gasteiger partial charge in [-0.25, -0.2) is 4.99 Å². The Morgan fingerprint density at radius 3 is 1.69 bits per heavy atom. The number of hydrogen-bond acceptors (Lipinski definition) is 2. The van der Waals surface area contributed by atoms with Gasteiger partial charge in [0, 0.05) is 6.42 Å². The summed E-state index contributed by atoms with van der Waals surface area (Å²) < 4.78 is 0. The minimum Gasteiger partial charge on any atom is -0.251 e. The molecule has 170 valence electrons. The van der Waals surface area contributed by atoms with Crippen LogP contribution in [0.2, 0.25) is 0 Å². The molecule has 2 heteroatoms. The zero-order chi connectivity index (χ0) is 23.3. The van der Waals surface area contributed by atoms with Gasteiger partial charge in [0.15, 0.2) is 0 Å². The van der Waals surface area contributed by atoms with E-state index in [2.05, 4.69) is 89.8 Å². The summed E-state index contributed by atoms with van der Waals surface area (Å²) in [6.45, 7) is 13.1. The average Bonchev–Trinajstić information content (AvgIpc) is 2.83. The van der Waals surface area contributed by atoms with Crippen LogP contribution < -0.4 is 0 Å². The first kappa shape index (κ1) is 25.6. The number of aliphatic imine (C=N–C) groups is 2. The summed E-state index contributed by atoms with van der Waals surface area (Å²) in [6, 6.07) is 13.1. The lowest BCUT2D eigenvalue weighted by molar-refractivity contribution is 0.838. The van der Waals surface area contributed by atoms with E-state index >= 15 is 0 Å². The van der Waals surface area contributed by atoms with Crippen LogP contribution in [0.25, 0.3) is 0 Å². The van der Waals surface area contributed by atoms with Gasteiger partial charge in [-0.1, -0.05) is 66.0 Å². The maximum atomic E-state index is 5.09. The van der Waals surface area contributed by atoms with Gasteiger partial charge in [0.2, 0.25) is 0 Å². The molecule has 0 fully saturated rings. The van der Waals surface area contributed by atoms with E-state index in [0.29, 0.717) is 0 Å². The largest absolute Gasteiger partial charge is 0.251 e. The van der Waals surface area contributed by atoms with Crippen molar-refractivity contribution in [2.24, 2.45) is 9.98 Å². The van der Waals surface area contributed by atoms with Crippen molar-refractivity contribution in [2.75, 3.05) is 0 Å². The van der Waals surface area contributed by atoms with Crippen molar-refractivity contribution in [1.82, 2.24) is 0 Å². The molecule has 0 aliphatic rings. The highest BCUT2D eigenvalue weighted by Gasteiger charge is 2.10. The highest BCUT2D eigenvalue weighted by molar-refractivity contribution is 6.49. The van der Waals surface area contributed by atoms with Gasteiger partial charge < -0.3 is 0 Å². The lowest BCUT2D eigenvalue weighted by atomic mass is 10.0. The van der Waals surface area contributed by atoms with E-state index in [0.717, 1.165) is 74.2 Å². The van der Waals surface area contributed by atoms with Crippen molar-refractivity contribution in [2.45, 2.75) is 92.9 Å². The topological polar surface area (TPSA) is 24.7 Å². The van der Waals surface area contributed by atoms with E-state index in [1.54, 1.807) is 0 Å². The van der Waals surface area contributed by atoms with E-state index in [1.807, 2.05) is 0 Å². The third-order valence-electron chi connectivity index (χ3n) is 5.83. The molecule has 0 heterocycles. The summed E-state index contributed by atoms with van der Waals surface area (Å²) >= 11 is 0. The second-order valence-electron chi connectivity index (χ2n) is 8.10. The predicted molar refractivity (Wildman–Crippen MR) is 142 cm³/mol. The quantitative estimate of drug-likeness (QED) is 0.268. The molecule has 0 aliphatic heterocycles. The first-order valence-corrected chi connectivity index (χ1v) is 12.5. The minimum absolute atomic E-state index is 0.806. The van der Waals surface area contributed by atoms with Crippen molar-refractivity contribution >= 4 is 22.8 Å². The Balaban J connectivity index is 2.58. The molecule has 0 bridgehead atoms. The molecular formula is C30H40N2. The Morgan fingerprint density at radius 1 is 0.688 bits per heavy atom. The fourth-order valence-corrected chi connectivity index (χ4v) is 3.90. The molecule has 2 aromatic carbocycles. The van der Waals surface area contributed by atoms with Crippen LogP contribution in [0.3, 0.4) is 0 Å². The molecule has 2 nitrogen and oxygen atoms in total. The van der Waals surface area contributed by atoms with Gasteiger partial charge in [0.1, 0.15) is 5.71 Å². The summed E-state index contributed by atoms with van der Waals surface area (Å²) in [7, 11) is 0. The fraction of sp³-hybridized carbons (Fsp3) is 0.467. The van der Waals surface area contributed by atoms with E-state index in [-0.39, 0.29) is 0 Å². The molecular weight excluding hydrogens is 388 g/mol. The molecule has 32 heavy (non-hydrogen) atoms. The van der Waals surface area contributed by atoms with Crippen LogP contribution in [-0.2, 0) is 25.7 Å². The predicted octanol–water partition coefficient (Wildman–Crippen LogP) is 8.39. The second-order valence-corrected chi connectivity index (χ2v) is 8.10. The third kappa shape index (κ3) is 7.20. The van der Waals surface area contributed by atoms with E-state index < -0.39 is 0 Å². The summed E-state index contributed by atoms with van der Waals surface area (Å²) in [4.78, 5) is 10.1. The molecule has 0 aliphatic carbocycles. The average molecular weight is 429 g/mol. The van der Waals surface area contributed by atoms with Gasteiger partial charge in [-0.3, -0.25) is 4.99 Å². The molecule has 0 radical (unpaired) electrons. The molecule has 0 saturated heterocycles. The van der Waals surface area contributed by atoms with E-state index in [4.69, 9.17) is 9.98 Å². The van der Waals surface area contributed by atoms with Gasteiger partial charge in [0.25, 0.3) is 0 Å². The number of rotatable bonds is 10. The number of unbranched alkanes of at least 4 members (excludes halogenated alkanes) is 1. The van der Waals surface area contributed by atoms with Crippen LogP contribution in [0.4, 0.5) is 11.4 Å². The number of aryl methyl sites for hydroxylation is 4. The Kier molecular flexibility index (Phi) is 10.9. The van der Waals surface area contributed by atoms with Crippen LogP contribution in [0.15, 0.2) is 46.4 Å². The summed E-state index contributed by atoms with van der Waals surface area (Å²) in [5, 5.41) is 0. The molecule has 0 N–H and O–H groups in total. The van der Waals surface area contributed by atoms with E-state index in [9.17, 15) is 0 Å². The summed E-state index contributed by atoms with van der Waals surface area (Å²) in [6.07, 6.45) is 8.03. The highest BCUT2D eigenvalue weighted by atomic mass is 14.8. The molecule has 0 spiro atoms. The zero-order valence-electron chi connectivity index (χ0n) is 21.0. The fourth-order valence-electron chi connectivity index (χ4n) is 3.90. The standard InChI is InChI=1S/C30H40N2/c1-7-13-15-29(31-27-19-17-23(9-3)25(11-5)21-27)30(16-14-8-2)32-28-20-18-24(10-4)26(12-6)22-28/h17-22H,7-13,15H2,1-6H3. The van der Waals surface area contributed by atoms with Crippen molar-refractivity contribution in [3.63, 3.8) is 0 Å². The SMILES string of the molecule is CCC#CC(=Nc1ccc(CC)c(CC)c1)C(CCCC)=Nc1ccc(CC)c(CC)c1. The van der Waals surface area contributed by atoms with Crippen molar-refractivity contribution in [3.8, 4) is 11.8 Å². The molecule has 2 rings (SSSR count). The van der Waals surface area contributed by atoms with Crippen molar-refractivity contribution < 1.29 is 0 Å². The van der Waals surface area contributed by atoms with Gasteiger partial charge in [0.05, 0.1) is 17.1 Å². The monoisotopic (exact) mass is 428 g/mol. The normalized spacial score (nSPS) is 11.9. The van der Waals surface area contributed by atoms with Crippen molar-refractivity contribution in [1.29, 1.82) is 0 Å². The molecule has 0 unspecified atom stereocenters. The van der Waals surface area contributed by atoms with Gasteiger partial charge in [-0.2, -0.15) is 0 Å². The lowest BCUT2D eigenvalue weighted by Crippen LogP contribution is -2.12. The van der Waals surface area contributed by atoms with Gasteiger partial charge in [-0.05, 0) is 91.0 Å². The first-order chi connectivity index (χ1) is 15.6. The van der Waals surface area contributed by atoms with E-state index in [1.165, 1.54) is 22.3 Å². The number of benzene rings is 2. The second kappa shape index (κ2) is 13.7. The zero-order valence-corrected chi connectivity index (χ0v) is 21.0. The molecule has 0 atom stereocenters. The summed E-state index contributed by atoms with van der Waals surface area (Å²) in [5.41, 5.74) is 9.34. The highest BCUT2D eigenvalue weighted by Crippen LogP contribution is 2.23. The van der Waals surface area contributed by atoms with Gasteiger partial charge in [-0.15, -0.1) is 0 Å². The Hall–Kier alpha value is -2.66. The maximum absolute atomic E-state index is 5.09. The van der Waals surface area contributed by atoms with Crippen LogP contribution in [0.1, 0.15) is 89.5 Å². The lowest BCUT2D eigenvalue weighted by Gasteiger charge is -2.10. The molecule has 0 saturated carbocycles. The molecule has 2 aromatic rings. The van der Waals surface area contributed by atoms with Crippen LogP contribution in [0.5, 0.6) is 0 Å². The van der Waals surface area contributed by atoms with Crippen LogP contribution in [0, 0.1) is 11.8 Å². The number of hydrogen-bond donors (Lipinski definition) is 0. The van der Waals surface area contributed by atoms with Crippen molar-refractivity contribution in [3.05, 3.63) is 58.7 Å². The molecule has 0 amide bonds. The van der Waals surface area contributed by atoms with Crippen LogP contribution >= 0.6 is 0 Å². The third-order valence-corrected chi connectivity index (χ3v) is 5.83. The first-order valence-electron chi connectivity index (χ1n) is 12.5. The van der Waals surface area contributed by atoms with Crippen LogP contribution in [-0.4, -0.2) is 11.4 Å². The van der Waals surface area contributed by atoms with Gasteiger partial charge >= 0.3 is 0 Å². The number of nitrogens with zero attached hydrogens (tertiary/aromatic N) is 2.